The lowest BCUT2D eigenvalue weighted by Crippen LogP contribution is -2.42. The Kier molecular flexibility index (Phi) is 4.77. The van der Waals surface area contributed by atoms with Crippen LogP contribution in [0.1, 0.15) is 17.5 Å². The summed E-state index contributed by atoms with van der Waals surface area (Å²) in [6.07, 6.45) is 0.325. The highest BCUT2D eigenvalue weighted by molar-refractivity contribution is 7.91. The predicted octanol–water partition coefficient (Wildman–Crippen LogP) is 1.20. The monoisotopic (exact) mass is 344 g/mol. The second-order valence-electron chi connectivity index (χ2n) is 5.47. The van der Waals surface area contributed by atoms with Gasteiger partial charge in [-0.15, -0.1) is 0 Å². The second-order valence-corrected chi connectivity index (χ2v) is 8.10. The van der Waals surface area contributed by atoms with Crippen LogP contribution in [-0.4, -0.2) is 37.8 Å². The van der Waals surface area contributed by atoms with E-state index in [0.29, 0.717) is 17.1 Å². The van der Waals surface area contributed by atoms with Crippen molar-refractivity contribution < 1.29 is 18.0 Å². The molecule has 2 N–H and O–H groups in total. The van der Waals surface area contributed by atoms with Crippen molar-refractivity contribution in [3.63, 3.8) is 0 Å². The Balaban J connectivity index is 2.02. The zero-order valence-electron chi connectivity index (χ0n) is 12.3. The number of halogens is 1. The summed E-state index contributed by atoms with van der Waals surface area (Å²) in [5.41, 5.74) is 2.07. The largest absolute Gasteiger partial charge is 0.344 e. The summed E-state index contributed by atoms with van der Waals surface area (Å²) in [6.45, 7) is 3.65. The van der Waals surface area contributed by atoms with Crippen molar-refractivity contribution in [1.82, 2.24) is 5.32 Å². The molecule has 1 heterocycles. The first kappa shape index (κ1) is 16.8. The van der Waals surface area contributed by atoms with E-state index >= 15 is 0 Å². The van der Waals surface area contributed by atoms with Crippen molar-refractivity contribution in [2.24, 2.45) is 0 Å². The minimum absolute atomic E-state index is 0.0302. The number of anilines is 1. The molecule has 0 bridgehead atoms. The molecule has 1 unspecified atom stereocenters. The van der Waals surface area contributed by atoms with Crippen molar-refractivity contribution in [2.75, 3.05) is 16.8 Å². The minimum atomic E-state index is -3.11. The van der Waals surface area contributed by atoms with E-state index in [1.54, 1.807) is 13.0 Å². The van der Waals surface area contributed by atoms with Gasteiger partial charge >= 0.3 is 11.8 Å². The lowest BCUT2D eigenvalue weighted by atomic mass is 10.1. The number of carbonyl (C=O) groups excluding carboxylic acids is 2. The van der Waals surface area contributed by atoms with Gasteiger partial charge in [0.15, 0.2) is 9.84 Å². The summed E-state index contributed by atoms with van der Waals surface area (Å²) in [6, 6.07) is 3.01. The number of nitrogens with one attached hydrogen (secondary N) is 2. The zero-order valence-corrected chi connectivity index (χ0v) is 13.8. The highest BCUT2D eigenvalue weighted by atomic mass is 35.5. The summed E-state index contributed by atoms with van der Waals surface area (Å²) in [7, 11) is -3.11. The van der Waals surface area contributed by atoms with Gasteiger partial charge in [-0.1, -0.05) is 17.7 Å². The molecular formula is C14H17ClN2O4S. The molecule has 0 radical (unpaired) electrons. The number of amides is 2. The lowest BCUT2D eigenvalue weighted by molar-refractivity contribution is -0.136. The summed E-state index contributed by atoms with van der Waals surface area (Å²) in [4.78, 5) is 23.8. The van der Waals surface area contributed by atoms with Gasteiger partial charge < -0.3 is 10.6 Å². The summed E-state index contributed by atoms with van der Waals surface area (Å²) < 4.78 is 22.7. The Morgan fingerprint density at radius 1 is 1.23 bits per heavy atom. The molecule has 22 heavy (non-hydrogen) atoms. The smallest absolute Gasteiger partial charge is 0.313 e. The number of hydrogen-bond donors (Lipinski definition) is 2. The molecule has 1 atom stereocenters. The average Bonchev–Trinajstić information content (AvgIpc) is 2.72. The van der Waals surface area contributed by atoms with E-state index < -0.39 is 27.7 Å². The molecule has 1 aromatic carbocycles. The highest BCUT2D eigenvalue weighted by Gasteiger charge is 2.30. The molecule has 2 rings (SSSR count). The van der Waals surface area contributed by atoms with Gasteiger partial charge in [-0.25, -0.2) is 8.42 Å². The van der Waals surface area contributed by atoms with Gasteiger partial charge in [-0.05, 0) is 37.5 Å². The van der Waals surface area contributed by atoms with Crippen LogP contribution < -0.4 is 10.6 Å². The summed E-state index contributed by atoms with van der Waals surface area (Å²) in [5.74, 6) is -1.82. The maximum atomic E-state index is 11.9. The molecule has 1 aromatic rings. The van der Waals surface area contributed by atoms with Gasteiger partial charge in [0.2, 0.25) is 0 Å². The quantitative estimate of drug-likeness (QED) is 0.788. The van der Waals surface area contributed by atoms with E-state index in [-0.39, 0.29) is 11.5 Å². The van der Waals surface area contributed by atoms with Crippen LogP contribution in [0.5, 0.6) is 0 Å². The normalized spacial score (nSPS) is 19.7. The number of sulfone groups is 1. The van der Waals surface area contributed by atoms with Crippen LogP contribution in [-0.2, 0) is 19.4 Å². The molecule has 1 fully saturated rings. The number of hydrogen-bond acceptors (Lipinski definition) is 4. The van der Waals surface area contributed by atoms with E-state index in [0.717, 1.165) is 11.1 Å². The van der Waals surface area contributed by atoms with Gasteiger partial charge in [0, 0.05) is 6.04 Å². The average molecular weight is 345 g/mol. The molecule has 1 aliphatic rings. The first-order valence-electron chi connectivity index (χ1n) is 6.77. The first-order valence-corrected chi connectivity index (χ1v) is 8.97. The van der Waals surface area contributed by atoms with Crippen molar-refractivity contribution in [3.05, 3.63) is 28.3 Å². The Bertz CT molecular complexity index is 707. The predicted molar refractivity (Wildman–Crippen MR) is 84.8 cm³/mol. The molecular weight excluding hydrogens is 328 g/mol. The van der Waals surface area contributed by atoms with Crippen LogP contribution in [0.2, 0.25) is 5.02 Å². The molecule has 1 aliphatic heterocycles. The Morgan fingerprint density at radius 3 is 2.45 bits per heavy atom. The fourth-order valence-electron chi connectivity index (χ4n) is 2.40. The van der Waals surface area contributed by atoms with Crippen LogP contribution in [0.25, 0.3) is 0 Å². The van der Waals surface area contributed by atoms with Gasteiger partial charge in [-0.3, -0.25) is 9.59 Å². The summed E-state index contributed by atoms with van der Waals surface area (Å²) >= 11 is 6.07. The Morgan fingerprint density at radius 2 is 1.91 bits per heavy atom. The van der Waals surface area contributed by atoms with Crippen molar-refractivity contribution in [3.8, 4) is 0 Å². The Labute approximate surface area is 134 Å². The first-order chi connectivity index (χ1) is 10.2. The number of aryl methyl sites for hydroxylation is 2. The third-order valence-corrected chi connectivity index (χ3v) is 5.51. The van der Waals surface area contributed by atoms with Gasteiger partial charge in [0.1, 0.15) is 0 Å². The highest BCUT2D eigenvalue weighted by Crippen LogP contribution is 2.27. The van der Waals surface area contributed by atoms with E-state index in [1.165, 1.54) is 0 Å². The molecule has 120 valence electrons. The molecule has 0 spiro atoms. The van der Waals surface area contributed by atoms with Gasteiger partial charge in [0.05, 0.1) is 22.2 Å². The third-order valence-electron chi connectivity index (χ3n) is 3.44. The second kappa shape index (κ2) is 6.26. The molecule has 8 heteroatoms. The zero-order chi connectivity index (χ0) is 16.5. The minimum Gasteiger partial charge on any atom is -0.344 e. The molecule has 0 aromatic heterocycles. The fourth-order valence-corrected chi connectivity index (χ4v) is 4.45. The Hall–Kier alpha value is -1.60. The van der Waals surface area contributed by atoms with Gasteiger partial charge in [0.25, 0.3) is 0 Å². The van der Waals surface area contributed by atoms with Crippen LogP contribution >= 0.6 is 11.6 Å². The van der Waals surface area contributed by atoms with E-state index in [9.17, 15) is 18.0 Å². The lowest BCUT2D eigenvalue weighted by Gasteiger charge is -2.13. The van der Waals surface area contributed by atoms with Crippen LogP contribution in [0.15, 0.2) is 12.1 Å². The molecule has 2 amide bonds. The molecule has 0 saturated carbocycles. The maximum absolute atomic E-state index is 11.9. The maximum Gasteiger partial charge on any atom is 0.313 e. The molecule has 1 saturated heterocycles. The number of benzene rings is 1. The fraction of sp³-hybridized carbons (Fsp3) is 0.429. The van der Waals surface area contributed by atoms with Crippen LogP contribution in [0.4, 0.5) is 5.69 Å². The van der Waals surface area contributed by atoms with E-state index in [4.69, 9.17) is 11.6 Å². The van der Waals surface area contributed by atoms with Crippen molar-refractivity contribution in [1.29, 1.82) is 0 Å². The SMILES string of the molecule is Cc1cc(C)c(NC(=O)C(=O)NC2CCS(=O)(=O)C2)c(Cl)c1. The van der Waals surface area contributed by atoms with Crippen LogP contribution in [0.3, 0.4) is 0 Å². The third kappa shape index (κ3) is 3.98. The van der Waals surface area contributed by atoms with E-state index in [1.807, 2.05) is 13.0 Å². The number of rotatable bonds is 2. The van der Waals surface area contributed by atoms with Crippen molar-refractivity contribution >= 4 is 38.9 Å². The topological polar surface area (TPSA) is 92.3 Å². The van der Waals surface area contributed by atoms with Gasteiger partial charge in [-0.2, -0.15) is 0 Å². The standard InChI is InChI=1S/C14H17ClN2O4S/c1-8-5-9(2)12(11(15)6-8)17-14(19)13(18)16-10-3-4-22(20,21)7-10/h5-6,10H,3-4,7H2,1-2H3,(H,16,18)(H,17,19). The van der Waals surface area contributed by atoms with E-state index in [2.05, 4.69) is 10.6 Å². The van der Waals surface area contributed by atoms with Crippen molar-refractivity contribution in [2.45, 2.75) is 26.3 Å². The summed E-state index contributed by atoms with van der Waals surface area (Å²) in [5, 5.41) is 5.25. The molecule has 0 aliphatic carbocycles. The van der Waals surface area contributed by atoms with Crippen LogP contribution in [0, 0.1) is 13.8 Å². The molecule has 6 nitrogen and oxygen atoms in total. The number of carbonyl (C=O) groups is 2.